The van der Waals surface area contributed by atoms with Crippen LogP contribution >= 0.6 is 0 Å². The molecule has 2 aromatic rings. The van der Waals surface area contributed by atoms with Crippen molar-refractivity contribution in [3.8, 4) is 11.5 Å². The van der Waals surface area contributed by atoms with Gasteiger partial charge in [0.25, 0.3) is 0 Å². The average Bonchev–Trinajstić information content (AvgIpc) is 2.76. The van der Waals surface area contributed by atoms with Crippen molar-refractivity contribution >= 4 is 0 Å². The van der Waals surface area contributed by atoms with Crippen LogP contribution in [0.4, 0.5) is 0 Å². The molecular formula is C23H32NO5+. The normalized spacial score (nSPS) is 20.4. The predicted octanol–water partition coefficient (Wildman–Crippen LogP) is 1.21. The number of rotatable bonds is 9. The molecule has 1 heterocycles. The maximum atomic E-state index is 10.5. The van der Waals surface area contributed by atoms with E-state index >= 15 is 0 Å². The van der Waals surface area contributed by atoms with Crippen molar-refractivity contribution in [3.05, 3.63) is 59.7 Å². The Balaban J connectivity index is 1.67. The molecule has 1 saturated heterocycles. The maximum absolute atomic E-state index is 10.5. The van der Waals surface area contributed by atoms with Crippen LogP contribution in [0.15, 0.2) is 48.5 Å². The Bertz CT molecular complexity index is 678. The van der Waals surface area contributed by atoms with Crippen LogP contribution in [0.1, 0.15) is 30.1 Å². The molecule has 3 N–H and O–H groups in total. The molecule has 29 heavy (non-hydrogen) atoms. The summed E-state index contributed by atoms with van der Waals surface area (Å²) in [4.78, 5) is 1.32. The molecular weight excluding hydrogens is 370 g/mol. The Morgan fingerprint density at radius 3 is 1.83 bits per heavy atom. The minimum Gasteiger partial charge on any atom is -0.497 e. The van der Waals surface area contributed by atoms with E-state index in [2.05, 4.69) is 0 Å². The van der Waals surface area contributed by atoms with Crippen LogP contribution in [-0.4, -0.2) is 62.9 Å². The zero-order valence-electron chi connectivity index (χ0n) is 17.2. The lowest BCUT2D eigenvalue weighted by Gasteiger charge is -2.29. The molecule has 6 heteroatoms. The van der Waals surface area contributed by atoms with E-state index in [0.717, 1.165) is 48.6 Å². The van der Waals surface area contributed by atoms with Gasteiger partial charge in [-0.1, -0.05) is 24.3 Å². The number of aliphatic hydroxyl groups is 2. The van der Waals surface area contributed by atoms with Gasteiger partial charge in [0, 0.05) is 12.8 Å². The van der Waals surface area contributed by atoms with Crippen LogP contribution in [0.5, 0.6) is 11.5 Å². The highest BCUT2D eigenvalue weighted by Gasteiger charge is 2.24. The average molecular weight is 403 g/mol. The molecule has 0 spiro atoms. The summed E-state index contributed by atoms with van der Waals surface area (Å²) in [5.41, 5.74) is 1.99. The van der Waals surface area contributed by atoms with Crippen LogP contribution in [0, 0.1) is 0 Å². The van der Waals surface area contributed by atoms with Gasteiger partial charge in [-0.05, 0) is 35.4 Å². The van der Waals surface area contributed by atoms with E-state index in [1.165, 1.54) is 4.90 Å². The number of hydrogen-bond donors (Lipinski definition) is 3. The number of likely N-dealkylation sites (tertiary alicyclic amines) is 1. The first-order valence-electron chi connectivity index (χ1n) is 10.2. The molecule has 2 aromatic carbocycles. The highest BCUT2D eigenvalue weighted by atomic mass is 16.5. The van der Waals surface area contributed by atoms with E-state index in [9.17, 15) is 10.2 Å². The Morgan fingerprint density at radius 1 is 0.897 bits per heavy atom. The summed E-state index contributed by atoms with van der Waals surface area (Å²) in [6.45, 7) is 2.65. The molecule has 0 aliphatic carbocycles. The van der Waals surface area contributed by atoms with Crippen molar-refractivity contribution in [3.63, 3.8) is 0 Å². The topological polar surface area (TPSA) is 72.6 Å². The van der Waals surface area contributed by atoms with Crippen molar-refractivity contribution in [2.24, 2.45) is 0 Å². The summed E-state index contributed by atoms with van der Waals surface area (Å²) < 4.78 is 16.7. The van der Waals surface area contributed by atoms with Crippen molar-refractivity contribution in [1.29, 1.82) is 0 Å². The second kappa shape index (κ2) is 10.6. The van der Waals surface area contributed by atoms with Gasteiger partial charge in [0.1, 0.15) is 30.3 Å². The van der Waals surface area contributed by atoms with Crippen LogP contribution in [0.2, 0.25) is 0 Å². The quantitative estimate of drug-likeness (QED) is 0.588. The van der Waals surface area contributed by atoms with Crippen LogP contribution in [-0.2, 0) is 4.74 Å². The van der Waals surface area contributed by atoms with Gasteiger partial charge in [0.15, 0.2) is 0 Å². The summed E-state index contributed by atoms with van der Waals surface area (Å²) in [5.74, 6) is 1.58. The van der Waals surface area contributed by atoms with Crippen molar-refractivity contribution in [2.45, 2.75) is 31.2 Å². The van der Waals surface area contributed by atoms with Gasteiger partial charge in [-0.3, -0.25) is 0 Å². The van der Waals surface area contributed by atoms with E-state index in [1.807, 2.05) is 48.5 Å². The van der Waals surface area contributed by atoms with Gasteiger partial charge < -0.3 is 29.3 Å². The first-order chi connectivity index (χ1) is 14.1. The van der Waals surface area contributed by atoms with E-state index in [0.29, 0.717) is 6.54 Å². The Hall–Kier alpha value is -2.12. The van der Waals surface area contributed by atoms with E-state index < -0.39 is 6.10 Å². The summed E-state index contributed by atoms with van der Waals surface area (Å²) in [7, 11) is 3.29. The van der Waals surface area contributed by atoms with E-state index in [4.69, 9.17) is 14.2 Å². The van der Waals surface area contributed by atoms with Gasteiger partial charge in [0.05, 0.1) is 40.0 Å². The number of nitrogens with one attached hydrogen (secondary N) is 1. The number of ether oxygens (including phenoxy) is 3. The molecule has 1 atom stereocenters. The number of aliphatic hydroxyl groups excluding tert-OH is 2. The summed E-state index contributed by atoms with van der Waals surface area (Å²) in [5, 5.41) is 20.2. The van der Waals surface area contributed by atoms with Gasteiger partial charge in [-0.25, -0.2) is 0 Å². The molecule has 0 aromatic heterocycles. The van der Waals surface area contributed by atoms with Crippen molar-refractivity contribution in [1.82, 2.24) is 0 Å². The van der Waals surface area contributed by atoms with E-state index in [1.54, 1.807) is 14.2 Å². The number of methoxy groups -OCH3 is 2. The summed E-state index contributed by atoms with van der Waals surface area (Å²) in [6, 6.07) is 15.6. The highest BCUT2D eigenvalue weighted by Crippen LogP contribution is 2.29. The molecule has 6 nitrogen and oxygen atoms in total. The SMILES string of the molecule is COc1ccc(C(OC[C@@H](O)C[NH+]2CCC(O)CC2)c2ccc(OC)cc2)cc1. The smallest absolute Gasteiger partial charge is 0.126 e. The van der Waals surface area contributed by atoms with Gasteiger partial charge >= 0.3 is 0 Å². The Labute approximate surface area is 172 Å². The largest absolute Gasteiger partial charge is 0.497 e. The highest BCUT2D eigenvalue weighted by molar-refractivity contribution is 5.36. The lowest BCUT2D eigenvalue weighted by molar-refractivity contribution is -0.909. The third kappa shape index (κ3) is 6.18. The van der Waals surface area contributed by atoms with Crippen molar-refractivity contribution in [2.75, 3.05) is 40.5 Å². The number of benzene rings is 2. The van der Waals surface area contributed by atoms with Gasteiger partial charge in [-0.2, -0.15) is 0 Å². The third-order valence-electron chi connectivity index (χ3n) is 5.48. The summed E-state index contributed by atoms with van der Waals surface area (Å²) >= 11 is 0. The van der Waals surface area contributed by atoms with Gasteiger partial charge in [0.2, 0.25) is 0 Å². The molecule has 158 valence electrons. The minimum atomic E-state index is -0.556. The predicted molar refractivity (Wildman–Crippen MR) is 111 cm³/mol. The summed E-state index contributed by atoms with van der Waals surface area (Å²) in [6.07, 6.45) is 0.549. The van der Waals surface area contributed by atoms with Gasteiger partial charge in [-0.15, -0.1) is 0 Å². The first-order valence-corrected chi connectivity index (χ1v) is 10.2. The zero-order chi connectivity index (χ0) is 20.6. The number of piperidine rings is 1. The van der Waals surface area contributed by atoms with Crippen LogP contribution < -0.4 is 14.4 Å². The molecule has 3 rings (SSSR count). The first kappa shape index (κ1) is 21.6. The fourth-order valence-electron chi connectivity index (χ4n) is 3.76. The van der Waals surface area contributed by atoms with Crippen LogP contribution in [0.25, 0.3) is 0 Å². The number of hydrogen-bond acceptors (Lipinski definition) is 5. The molecule has 1 aliphatic rings. The minimum absolute atomic E-state index is 0.193. The monoisotopic (exact) mass is 402 g/mol. The molecule has 0 amide bonds. The Kier molecular flexibility index (Phi) is 7.89. The molecule has 0 unspecified atom stereocenters. The fraction of sp³-hybridized carbons (Fsp3) is 0.478. The van der Waals surface area contributed by atoms with Crippen LogP contribution in [0.3, 0.4) is 0 Å². The lowest BCUT2D eigenvalue weighted by atomic mass is 10.0. The molecule has 1 fully saturated rings. The fourth-order valence-corrected chi connectivity index (χ4v) is 3.76. The molecule has 0 saturated carbocycles. The second-order valence-electron chi connectivity index (χ2n) is 7.60. The van der Waals surface area contributed by atoms with E-state index in [-0.39, 0.29) is 18.8 Å². The molecule has 0 bridgehead atoms. The number of quaternary nitrogens is 1. The maximum Gasteiger partial charge on any atom is 0.126 e. The molecule has 0 radical (unpaired) electrons. The molecule has 1 aliphatic heterocycles. The standard InChI is InChI=1S/C23H31NO5/c1-27-21-7-3-17(4-8-21)23(18-5-9-22(28-2)10-6-18)29-16-20(26)15-24-13-11-19(25)12-14-24/h3-10,19-20,23,25-26H,11-16H2,1-2H3/p+1/t20-/m0/s1. The third-order valence-corrected chi connectivity index (χ3v) is 5.48. The zero-order valence-corrected chi connectivity index (χ0v) is 17.2. The second-order valence-corrected chi connectivity index (χ2v) is 7.60. The van der Waals surface area contributed by atoms with Crippen molar-refractivity contribution < 1.29 is 29.3 Å². The Morgan fingerprint density at radius 2 is 1.38 bits per heavy atom. The lowest BCUT2D eigenvalue weighted by Crippen LogP contribution is -3.14.